The van der Waals surface area contributed by atoms with Crippen LogP contribution in [0, 0.1) is 13.8 Å². The van der Waals surface area contributed by atoms with Crippen LogP contribution in [0.5, 0.6) is 11.5 Å². The molecule has 6 heteroatoms. The smallest absolute Gasteiger partial charge is 0.180 e. The van der Waals surface area contributed by atoms with E-state index in [2.05, 4.69) is 29.5 Å². The van der Waals surface area contributed by atoms with Crippen molar-refractivity contribution in [1.29, 1.82) is 0 Å². The van der Waals surface area contributed by atoms with E-state index < -0.39 is 0 Å². The van der Waals surface area contributed by atoms with Gasteiger partial charge in [-0.25, -0.2) is 4.98 Å². The molecule has 0 saturated carbocycles. The zero-order chi connectivity index (χ0) is 16.7. The molecule has 3 aromatic rings. The SMILES string of the molecule is Cc1cc(-c2csc(N)n2)c(C)n1C[C@@H]1COc2ccccc2O1. The normalized spacial score (nSPS) is 16.3. The van der Waals surface area contributed by atoms with Crippen molar-refractivity contribution in [2.75, 3.05) is 12.3 Å². The van der Waals surface area contributed by atoms with Gasteiger partial charge < -0.3 is 19.8 Å². The minimum Gasteiger partial charge on any atom is -0.486 e. The van der Waals surface area contributed by atoms with Crippen LogP contribution in [0.4, 0.5) is 5.13 Å². The Bertz CT molecular complexity index is 884. The number of thiazole rings is 1. The van der Waals surface area contributed by atoms with Crippen molar-refractivity contribution >= 4 is 16.5 Å². The molecule has 1 aromatic carbocycles. The minimum atomic E-state index is -0.0157. The highest BCUT2D eigenvalue weighted by atomic mass is 32.1. The number of hydrogen-bond acceptors (Lipinski definition) is 5. The third-order valence-electron chi connectivity index (χ3n) is 4.33. The fourth-order valence-corrected chi connectivity index (χ4v) is 3.67. The van der Waals surface area contributed by atoms with Crippen LogP contribution in [0.3, 0.4) is 0 Å². The van der Waals surface area contributed by atoms with E-state index in [0.717, 1.165) is 29.3 Å². The predicted molar refractivity (Wildman–Crippen MR) is 95.8 cm³/mol. The van der Waals surface area contributed by atoms with Gasteiger partial charge in [-0.05, 0) is 32.0 Å². The molecule has 1 aliphatic rings. The van der Waals surface area contributed by atoms with Crippen molar-refractivity contribution in [3.8, 4) is 22.8 Å². The first-order valence-electron chi connectivity index (χ1n) is 7.88. The summed E-state index contributed by atoms with van der Waals surface area (Å²) in [6, 6.07) is 9.94. The van der Waals surface area contributed by atoms with Gasteiger partial charge in [0.2, 0.25) is 0 Å². The number of aromatic nitrogens is 2. The first-order valence-corrected chi connectivity index (χ1v) is 8.76. The van der Waals surface area contributed by atoms with E-state index in [9.17, 15) is 0 Å². The number of nitrogens with two attached hydrogens (primary N) is 1. The first-order chi connectivity index (χ1) is 11.6. The number of benzene rings is 1. The Morgan fingerprint density at radius 3 is 2.83 bits per heavy atom. The van der Waals surface area contributed by atoms with E-state index >= 15 is 0 Å². The third kappa shape index (κ3) is 2.63. The molecule has 0 amide bonds. The first kappa shape index (κ1) is 15.1. The predicted octanol–water partition coefficient (Wildman–Crippen LogP) is 3.65. The van der Waals surface area contributed by atoms with Gasteiger partial charge >= 0.3 is 0 Å². The van der Waals surface area contributed by atoms with Crippen molar-refractivity contribution in [1.82, 2.24) is 9.55 Å². The van der Waals surface area contributed by atoms with Gasteiger partial charge in [0.15, 0.2) is 22.7 Å². The molecule has 2 N–H and O–H groups in total. The molecule has 0 aliphatic carbocycles. The lowest BCUT2D eigenvalue weighted by Crippen LogP contribution is -2.33. The summed E-state index contributed by atoms with van der Waals surface area (Å²) in [7, 11) is 0. The maximum Gasteiger partial charge on any atom is 0.180 e. The second kappa shape index (κ2) is 5.87. The van der Waals surface area contributed by atoms with Gasteiger partial charge in [0.05, 0.1) is 12.2 Å². The zero-order valence-corrected chi connectivity index (χ0v) is 14.5. The molecule has 124 valence electrons. The average molecular weight is 341 g/mol. The molecular weight excluding hydrogens is 322 g/mol. The van der Waals surface area contributed by atoms with E-state index in [1.165, 1.54) is 22.7 Å². The Balaban J connectivity index is 1.59. The molecule has 0 fully saturated rings. The van der Waals surface area contributed by atoms with Crippen molar-refractivity contribution in [3.63, 3.8) is 0 Å². The summed E-state index contributed by atoms with van der Waals surface area (Å²) in [5.74, 6) is 1.62. The third-order valence-corrected chi connectivity index (χ3v) is 5.00. The standard InChI is InChI=1S/C18H19N3O2S/c1-11-7-14(15-10-24-18(19)20-15)12(2)21(11)8-13-9-22-16-5-3-4-6-17(16)23-13/h3-7,10,13H,8-9H2,1-2H3,(H2,19,20)/t13-/m1/s1. The highest BCUT2D eigenvalue weighted by molar-refractivity contribution is 7.13. The number of ether oxygens (including phenoxy) is 2. The van der Waals surface area contributed by atoms with Crippen LogP contribution >= 0.6 is 11.3 Å². The Morgan fingerprint density at radius 2 is 2.08 bits per heavy atom. The molecule has 0 saturated heterocycles. The monoisotopic (exact) mass is 341 g/mol. The Morgan fingerprint density at radius 1 is 1.29 bits per heavy atom. The number of aryl methyl sites for hydroxylation is 1. The Labute approximate surface area is 144 Å². The molecule has 3 heterocycles. The van der Waals surface area contributed by atoms with Crippen LogP contribution in [0.1, 0.15) is 11.4 Å². The second-order valence-corrected chi connectivity index (χ2v) is 6.85. The second-order valence-electron chi connectivity index (χ2n) is 5.96. The molecule has 0 radical (unpaired) electrons. The van der Waals surface area contributed by atoms with E-state index in [1.54, 1.807) is 0 Å². The number of fused-ring (bicyclic) bond motifs is 1. The van der Waals surface area contributed by atoms with Gasteiger partial charge in [-0.1, -0.05) is 12.1 Å². The van der Waals surface area contributed by atoms with E-state index in [4.69, 9.17) is 15.2 Å². The highest BCUT2D eigenvalue weighted by Crippen LogP contribution is 2.33. The fourth-order valence-electron chi connectivity index (χ4n) is 3.11. The highest BCUT2D eigenvalue weighted by Gasteiger charge is 2.23. The lowest BCUT2D eigenvalue weighted by molar-refractivity contribution is 0.0778. The number of hydrogen-bond donors (Lipinski definition) is 1. The Hall–Kier alpha value is -2.47. The van der Waals surface area contributed by atoms with Crippen LogP contribution in [-0.2, 0) is 6.54 Å². The zero-order valence-electron chi connectivity index (χ0n) is 13.7. The van der Waals surface area contributed by atoms with Gasteiger partial charge in [0.25, 0.3) is 0 Å². The van der Waals surface area contributed by atoms with Crippen molar-refractivity contribution in [2.24, 2.45) is 0 Å². The maximum absolute atomic E-state index is 6.09. The van der Waals surface area contributed by atoms with E-state index in [1.807, 2.05) is 29.6 Å². The van der Waals surface area contributed by atoms with Crippen LogP contribution in [-0.4, -0.2) is 22.3 Å². The summed E-state index contributed by atoms with van der Waals surface area (Å²) >= 11 is 1.46. The largest absolute Gasteiger partial charge is 0.486 e. The van der Waals surface area contributed by atoms with E-state index in [-0.39, 0.29) is 6.10 Å². The molecule has 1 atom stereocenters. The lowest BCUT2D eigenvalue weighted by Gasteiger charge is -2.27. The Kier molecular flexibility index (Phi) is 3.69. The topological polar surface area (TPSA) is 62.3 Å². The van der Waals surface area contributed by atoms with Crippen molar-refractivity contribution in [3.05, 3.63) is 47.1 Å². The molecule has 0 unspecified atom stereocenters. The number of rotatable bonds is 3. The fraction of sp³-hybridized carbons (Fsp3) is 0.278. The molecule has 2 aromatic heterocycles. The van der Waals surface area contributed by atoms with Crippen LogP contribution < -0.4 is 15.2 Å². The average Bonchev–Trinajstić information content (AvgIpc) is 3.13. The molecule has 0 spiro atoms. The van der Waals surface area contributed by atoms with Crippen molar-refractivity contribution in [2.45, 2.75) is 26.5 Å². The number of nitrogens with zero attached hydrogens (tertiary/aromatic N) is 2. The van der Waals surface area contributed by atoms with Gasteiger partial charge in [-0.2, -0.15) is 0 Å². The molecule has 24 heavy (non-hydrogen) atoms. The summed E-state index contributed by atoms with van der Waals surface area (Å²) in [5.41, 5.74) is 10.2. The maximum atomic E-state index is 6.09. The number of para-hydroxylation sites is 2. The van der Waals surface area contributed by atoms with Gasteiger partial charge in [-0.3, -0.25) is 0 Å². The molecule has 1 aliphatic heterocycles. The molecule has 0 bridgehead atoms. The van der Waals surface area contributed by atoms with Gasteiger partial charge in [0.1, 0.15) is 6.61 Å². The molecule has 4 rings (SSSR count). The van der Waals surface area contributed by atoms with Crippen molar-refractivity contribution < 1.29 is 9.47 Å². The van der Waals surface area contributed by atoms with Gasteiger partial charge in [0, 0.05) is 22.3 Å². The quantitative estimate of drug-likeness (QED) is 0.790. The van der Waals surface area contributed by atoms with Crippen LogP contribution in [0.15, 0.2) is 35.7 Å². The summed E-state index contributed by atoms with van der Waals surface area (Å²) in [4.78, 5) is 4.40. The summed E-state index contributed by atoms with van der Waals surface area (Å²) in [6.07, 6.45) is -0.0157. The van der Waals surface area contributed by atoms with E-state index in [0.29, 0.717) is 11.7 Å². The molecular formula is C18H19N3O2S. The number of nitrogen functional groups attached to an aromatic ring is 1. The van der Waals surface area contributed by atoms with Gasteiger partial charge in [-0.15, -0.1) is 11.3 Å². The number of anilines is 1. The minimum absolute atomic E-state index is 0.0157. The van der Waals surface area contributed by atoms with Crippen LogP contribution in [0.2, 0.25) is 0 Å². The molecule has 5 nitrogen and oxygen atoms in total. The summed E-state index contributed by atoms with van der Waals surface area (Å²) in [5, 5.41) is 2.59. The summed E-state index contributed by atoms with van der Waals surface area (Å²) < 4.78 is 14.2. The lowest BCUT2D eigenvalue weighted by atomic mass is 10.2. The van der Waals surface area contributed by atoms with Crippen LogP contribution in [0.25, 0.3) is 11.3 Å². The summed E-state index contributed by atoms with van der Waals surface area (Å²) in [6.45, 7) is 5.50.